The minimum atomic E-state index is 0.0188. The van der Waals surface area contributed by atoms with Gasteiger partial charge in [-0.25, -0.2) is 4.98 Å². The summed E-state index contributed by atoms with van der Waals surface area (Å²) in [5.41, 5.74) is 7.20. The van der Waals surface area contributed by atoms with Crippen molar-refractivity contribution in [1.29, 1.82) is 5.26 Å². The Balaban J connectivity index is 1.94. The molecule has 0 saturated heterocycles. The maximum atomic E-state index is 8.56. The summed E-state index contributed by atoms with van der Waals surface area (Å²) >= 11 is 0. The van der Waals surface area contributed by atoms with Gasteiger partial charge in [-0.3, -0.25) is 0 Å². The van der Waals surface area contributed by atoms with Crippen LogP contribution in [0, 0.1) is 11.3 Å². The van der Waals surface area contributed by atoms with Crippen LogP contribution >= 0.6 is 0 Å². The highest BCUT2D eigenvalue weighted by atomic mass is 16.5. The minimum absolute atomic E-state index is 0.0188. The second kappa shape index (κ2) is 8.08. The number of aromatic nitrogens is 2. The largest absolute Gasteiger partial charge is 0.479 e. The fourth-order valence-electron chi connectivity index (χ4n) is 2.35. The van der Waals surface area contributed by atoms with E-state index in [-0.39, 0.29) is 6.61 Å². The van der Waals surface area contributed by atoms with Crippen molar-refractivity contribution in [3.63, 3.8) is 0 Å². The van der Waals surface area contributed by atoms with Gasteiger partial charge in [-0.15, -0.1) is 0 Å². The van der Waals surface area contributed by atoms with Crippen LogP contribution in [0.1, 0.15) is 6.42 Å². The van der Waals surface area contributed by atoms with Gasteiger partial charge >= 0.3 is 0 Å². The first-order valence-electron chi connectivity index (χ1n) is 8.01. The molecule has 1 heterocycles. The lowest BCUT2D eigenvalue weighted by molar-refractivity contribution is 0.305. The second-order valence-corrected chi connectivity index (χ2v) is 5.33. The van der Waals surface area contributed by atoms with Gasteiger partial charge in [-0.2, -0.15) is 10.2 Å². The lowest BCUT2D eigenvalue weighted by Crippen LogP contribution is -2.07. The molecule has 126 valence electrons. The third kappa shape index (κ3) is 4.03. The molecule has 0 unspecified atom stereocenters. The van der Waals surface area contributed by atoms with Gasteiger partial charge in [-0.1, -0.05) is 12.1 Å². The Hall–Kier alpha value is -3.17. The van der Waals surface area contributed by atoms with Gasteiger partial charge in [0.1, 0.15) is 11.8 Å². The van der Waals surface area contributed by atoms with Gasteiger partial charge in [-0.05, 0) is 49.4 Å². The molecule has 6 heteroatoms. The van der Waals surface area contributed by atoms with Crippen molar-refractivity contribution in [1.82, 2.24) is 9.97 Å². The summed E-state index contributed by atoms with van der Waals surface area (Å²) < 4.78 is 11.1. The fraction of sp³-hybridized carbons (Fsp3) is 0.211. The van der Waals surface area contributed by atoms with Crippen molar-refractivity contribution in [3.8, 4) is 29.1 Å². The van der Waals surface area contributed by atoms with Gasteiger partial charge in [0, 0.05) is 5.56 Å². The van der Waals surface area contributed by atoms with Crippen molar-refractivity contribution in [2.24, 2.45) is 5.73 Å². The Kier molecular flexibility index (Phi) is 5.39. The third-order valence-corrected chi connectivity index (χ3v) is 3.57. The summed E-state index contributed by atoms with van der Waals surface area (Å²) in [6, 6.07) is 17.0. The Labute approximate surface area is 145 Å². The molecule has 2 N–H and O–H groups in total. The summed E-state index contributed by atoms with van der Waals surface area (Å²) in [5, 5.41) is 9.44. The van der Waals surface area contributed by atoms with Crippen LogP contribution in [0.4, 0.5) is 0 Å². The molecule has 0 amide bonds. The third-order valence-electron chi connectivity index (χ3n) is 3.57. The highest BCUT2D eigenvalue weighted by Gasteiger charge is 2.10. The number of fused-ring (bicyclic) bond motifs is 1. The van der Waals surface area contributed by atoms with Gasteiger partial charge in [0.15, 0.2) is 12.4 Å². The van der Waals surface area contributed by atoms with Crippen LogP contribution < -0.4 is 15.2 Å². The zero-order chi connectivity index (χ0) is 17.5. The first-order chi connectivity index (χ1) is 12.3. The summed E-state index contributed by atoms with van der Waals surface area (Å²) in [4.78, 5) is 9.18. The van der Waals surface area contributed by atoms with E-state index in [0.29, 0.717) is 30.6 Å². The summed E-state index contributed by atoms with van der Waals surface area (Å²) in [5.74, 6) is 1.76. The fourth-order valence-corrected chi connectivity index (χ4v) is 2.35. The molecule has 1 aromatic heterocycles. The van der Waals surface area contributed by atoms with E-state index in [9.17, 15) is 0 Å². The number of nitrogens with zero attached hydrogens (tertiary/aromatic N) is 3. The highest BCUT2D eigenvalue weighted by Crippen LogP contribution is 2.27. The van der Waals surface area contributed by atoms with Crippen molar-refractivity contribution in [2.75, 3.05) is 19.8 Å². The number of hydrogen-bond donors (Lipinski definition) is 1. The van der Waals surface area contributed by atoms with Crippen LogP contribution in [-0.4, -0.2) is 29.7 Å². The van der Waals surface area contributed by atoms with Gasteiger partial charge < -0.3 is 15.2 Å². The Bertz CT molecular complexity index is 888. The van der Waals surface area contributed by atoms with Crippen LogP contribution in [0.25, 0.3) is 22.3 Å². The van der Waals surface area contributed by atoms with E-state index in [4.69, 9.17) is 20.5 Å². The topological polar surface area (TPSA) is 94.0 Å². The molecule has 3 aromatic rings. The van der Waals surface area contributed by atoms with Crippen LogP contribution in [-0.2, 0) is 0 Å². The van der Waals surface area contributed by atoms with Crippen LogP contribution in [0.15, 0.2) is 48.5 Å². The molecule has 0 aliphatic rings. The monoisotopic (exact) mass is 334 g/mol. The molecule has 0 bridgehead atoms. The standard InChI is InChI=1S/C19H18N4O2/c20-10-3-12-25-19-16-4-1-2-5-17(16)22-18(23-19)14-6-8-15(9-7-14)24-13-11-21/h1-2,4-9H,3,10,12-13,20H2. The smallest absolute Gasteiger partial charge is 0.225 e. The normalized spacial score (nSPS) is 10.4. The van der Waals surface area contributed by atoms with Crippen LogP contribution in [0.3, 0.4) is 0 Å². The Morgan fingerprint density at radius 2 is 1.80 bits per heavy atom. The summed E-state index contributed by atoms with van der Waals surface area (Å²) in [6.45, 7) is 1.10. The Morgan fingerprint density at radius 3 is 2.56 bits per heavy atom. The molecular formula is C19H18N4O2. The molecule has 6 nitrogen and oxygen atoms in total. The van der Waals surface area contributed by atoms with E-state index in [1.807, 2.05) is 42.5 Å². The number of hydrogen-bond acceptors (Lipinski definition) is 6. The molecule has 0 fully saturated rings. The van der Waals surface area contributed by atoms with E-state index in [0.717, 1.165) is 22.9 Å². The predicted octanol–water partition coefficient (Wildman–Crippen LogP) is 2.93. The maximum absolute atomic E-state index is 8.56. The van der Waals surface area contributed by atoms with E-state index in [1.165, 1.54) is 0 Å². The SMILES string of the molecule is N#CCOc1ccc(-c2nc(OCCCN)c3ccccc3n2)cc1. The molecule has 25 heavy (non-hydrogen) atoms. The highest BCUT2D eigenvalue weighted by molar-refractivity contribution is 5.85. The molecule has 0 atom stereocenters. The average Bonchev–Trinajstić information content (AvgIpc) is 2.67. The number of ether oxygens (including phenoxy) is 2. The van der Waals surface area contributed by atoms with E-state index >= 15 is 0 Å². The predicted molar refractivity (Wildman–Crippen MR) is 95.2 cm³/mol. The number of rotatable bonds is 7. The molecule has 0 saturated carbocycles. The molecule has 0 radical (unpaired) electrons. The minimum Gasteiger partial charge on any atom is -0.479 e. The van der Waals surface area contributed by atoms with Crippen molar-refractivity contribution < 1.29 is 9.47 Å². The van der Waals surface area contributed by atoms with Crippen LogP contribution in [0.2, 0.25) is 0 Å². The quantitative estimate of drug-likeness (QED) is 0.668. The number of benzene rings is 2. The molecule has 0 aliphatic heterocycles. The first-order valence-corrected chi connectivity index (χ1v) is 8.01. The summed E-state index contributed by atoms with van der Waals surface area (Å²) in [6.07, 6.45) is 0.762. The van der Waals surface area contributed by atoms with Crippen molar-refractivity contribution >= 4 is 10.9 Å². The second-order valence-electron chi connectivity index (χ2n) is 5.33. The van der Waals surface area contributed by atoms with Gasteiger partial charge in [0.25, 0.3) is 0 Å². The maximum Gasteiger partial charge on any atom is 0.225 e. The molecule has 0 spiro atoms. The van der Waals surface area contributed by atoms with Crippen LogP contribution in [0.5, 0.6) is 11.6 Å². The lowest BCUT2D eigenvalue weighted by atomic mass is 10.2. The molecule has 0 aliphatic carbocycles. The van der Waals surface area contributed by atoms with Crippen molar-refractivity contribution in [3.05, 3.63) is 48.5 Å². The van der Waals surface area contributed by atoms with E-state index < -0.39 is 0 Å². The number of nitriles is 1. The van der Waals surface area contributed by atoms with E-state index in [2.05, 4.69) is 9.97 Å². The van der Waals surface area contributed by atoms with Gasteiger partial charge in [0.2, 0.25) is 5.88 Å². The number of nitrogens with two attached hydrogens (primary N) is 1. The van der Waals surface area contributed by atoms with Gasteiger partial charge in [0.05, 0.1) is 17.5 Å². The van der Waals surface area contributed by atoms with Crippen molar-refractivity contribution in [2.45, 2.75) is 6.42 Å². The number of para-hydroxylation sites is 1. The zero-order valence-electron chi connectivity index (χ0n) is 13.7. The van der Waals surface area contributed by atoms with E-state index in [1.54, 1.807) is 12.1 Å². The average molecular weight is 334 g/mol. The molecular weight excluding hydrogens is 316 g/mol. The first kappa shape index (κ1) is 16.7. The molecule has 3 rings (SSSR count). The Morgan fingerprint density at radius 1 is 1.00 bits per heavy atom. The molecule has 2 aromatic carbocycles. The lowest BCUT2D eigenvalue weighted by Gasteiger charge is -2.10. The zero-order valence-corrected chi connectivity index (χ0v) is 13.7. The summed E-state index contributed by atoms with van der Waals surface area (Å²) in [7, 11) is 0.